The Hall–Kier alpha value is -1.63. The van der Waals surface area contributed by atoms with Crippen molar-refractivity contribution in [2.45, 2.75) is 82.7 Å². The number of nitrogens with one attached hydrogen (secondary N) is 1. The van der Waals surface area contributed by atoms with Crippen LogP contribution in [0.2, 0.25) is 0 Å². The molecule has 2 aliphatic rings. The van der Waals surface area contributed by atoms with Crippen molar-refractivity contribution in [1.82, 2.24) is 9.88 Å². The fourth-order valence-electron chi connectivity index (χ4n) is 4.17. The summed E-state index contributed by atoms with van der Waals surface area (Å²) in [6.45, 7) is 0. The molecule has 0 aliphatic heterocycles. The van der Waals surface area contributed by atoms with E-state index in [0.717, 1.165) is 30.6 Å². The Labute approximate surface area is 159 Å². The van der Waals surface area contributed by atoms with Crippen LogP contribution in [-0.4, -0.2) is 41.1 Å². The molecule has 2 amide bonds. The molecule has 6 nitrogen and oxygen atoms in total. The fourth-order valence-corrected chi connectivity index (χ4v) is 4.95. The molecule has 144 valence electrons. The first-order chi connectivity index (χ1) is 12.7. The first-order valence-corrected chi connectivity index (χ1v) is 10.6. The SMILES string of the molecule is COC(=O)Cc1cnc(NC(=O)N(C2CCCCC2)C2CCCCC2)s1. The number of hydrogen-bond acceptors (Lipinski definition) is 5. The number of esters is 1. The first kappa shape index (κ1) is 19.1. The van der Waals surface area contributed by atoms with Crippen LogP contribution in [0.3, 0.4) is 0 Å². The normalized spacial score (nSPS) is 19.1. The van der Waals surface area contributed by atoms with E-state index >= 15 is 0 Å². The number of urea groups is 1. The molecule has 0 spiro atoms. The van der Waals surface area contributed by atoms with E-state index in [1.165, 1.54) is 57.0 Å². The van der Waals surface area contributed by atoms with Crippen LogP contribution in [0.15, 0.2) is 6.20 Å². The van der Waals surface area contributed by atoms with Crippen LogP contribution in [-0.2, 0) is 16.0 Å². The standard InChI is InChI=1S/C19H29N3O3S/c1-25-17(23)12-16-13-20-18(26-16)21-19(24)22(14-8-4-2-5-9-14)15-10-6-3-7-11-15/h13-15H,2-12H2,1H3,(H,20,21,24). The van der Waals surface area contributed by atoms with E-state index in [1.54, 1.807) is 6.20 Å². The Kier molecular flexibility index (Phi) is 6.88. The second-order valence-corrected chi connectivity index (χ2v) is 8.42. The third-order valence-corrected chi connectivity index (χ3v) is 6.40. The first-order valence-electron chi connectivity index (χ1n) is 9.78. The second-order valence-electron chi connectivity index (χ2n) is 7.31. The van der Waals surface area contributed by atoms with Crippen LogP contribution in [0.1, 0.15) is 69.1 Å². The summed E-state index contributed by atoms with van der Waals surface area (Å²) in [5.41, 5.74) is 0. The van der Waals surface area contributed by atoms with E-state index in [-0.39, 0.29) is 18.4 Å². The van der Waals surface area contributed by atoms with Crippen molar-refractivity contribution in [3.8, 4) is 0 Å². The third kappa shape index (κ3) is 4.96. The van der Waals surface area contributed by atoms with Gasteiger partial charge in [-0.2, -0.15) is 0 Å². The van der Waals surface area contributed by atoms with E-state index in [4.69, 9.17) is 0 Å². The highest BCUT2D eigenvalue weighted by atomic mass is 32.1. The molecule has 2 aliphatic carbocycles. The van der Waals surface area contributed by atoms with Gasteiger partial charge in [-0.05, 0) is 25.7 Å². The van der Waals surface area contributed by atoms with Gasteiger partial charge in [0.2, 0.25) is 0 Å². The molecule has 0 bridgehead atoms. The van der Waals surface area contributed by atoms with Crippen molar-refractivity contribution in [2.24, 2.45) is 0 Å². The van der Waals surface area contributed by atoms with Crippen molar-refractivity contribution in [2.75, 3.05) is 12.4 Å². The molecule has 26 heavy (non-hydrogen) atoms. The number of nitrogens with zero attached hydrogens (tertiary/aromatic N) is 2. The number of anilines is 1. The molecule has 2 saturated carbocycles. The smallest absolute Gasteiger partial charge is 0.324 e. The Morgan fingerprint density at radius 3 is 2.23 bits per heavy atom. The average molecular weight is 380 g/mol. The highest BCUT2D eigenvalue weighted by molar-refractivity contribution is 7.15. The Bertz CT molecular complexity index is 589. The highest BCUT2D eigenvalue weighted by Gasteiger charge is 2.32. The van der Waals surface area contributed by atoms with E-state index < -0.39 is 0 Å². The number of rotatable bonds is 5. The van der Waals surface area contributed by atoms with Gasteiger partial charge in [-0.15, -0.1) is 11.3 Å². The predicted octanol–water partition coefficient (Wildman–Crippen LogP) is 4.36. The molecule has 0 unspecified atom stereocenters. The van der Waals surface area contributed by atoms with Crippen LogP contribution in [0.4, 0.5) is 9.93 Å². The summed E-state index contributed by atoms with van der Waals surface area (Å²) >= 11 is 1.35. The molecule has 0 atom stereocenters. The number of ether oxygens (including phenoxy) is 1. The van der Waals surface area contributed by atoms with E-state index in [9.17, 15) is 9.59 Å². The Morgan fingerprint density at radius 1 is 1.12 bits per heavy atom. The zero-order valence-electron chi connectivity index (χ0n) is 15.5. The molecule has 0 radical (unpaired) electrons. The summed E-state index contributed by atoms with van der Waals surface area (Å²) in [5.74, 6) is -0.294. The monoisotopic (exact) mass is 379 g/mol. The molecular weight excluding hydrogens is 350 g/mol. The van der Waals surface area contributed by atoms with Gasteiger partial charge in [-0.25, -0.2) is 9.78 Å². The molecule has 3 rings (SSSR count). The molecule has 1 N–H and O–H groups in total. The second kappa shape index (κ2) is 9.35. The molecule has 1 heterocycles. The van der Waals surface area contributed by atoms with Crippen LogP contribution < -0.4 is 5.32 Å². The van der Waals surface area contributed by atoms with Crippen LogP contribution in [0.5, 0.6) is 0 Å². The zero-order valence-corrected chi connectivity index (χ0v) is 16.4. The average Bonchev–Trinajstić information content (AvgIpc) is 3.10. The lowest BCUT2D eigenvalue weighted by atomic mass is 9.89. The predicted molar refractivity (Wildman–Crippen MR) is 102 cm³/mol. The molecule has 2 fully saturated rings. The number of carbonyl (C=O) groups excluding carboxylic acids is 2. The Morgan fingerprint density at radius 2 is 1.69 bits per heavy atom. The van der Waals surface area contributed by atoms with Gasteiger partial charge < -0.3 is 9.64 Å². The van der Waals surface area contributed by atoms with Crippen LogP contribution >= 0.6 is 11.3 Å². The maximum Gasteiger partial charge on any atom is 0.324 e. The summed E-state index contributed by atoms with van der Waals surface area (Å²) in [5, 5.41) is 3.55. The lowest BCUT2D eigenvalue weighted by Crippen LogP contribution is -2.50. The van der Waals surface area contributed by atoms with E-state index in [0.29, 0.717) is 17.2 Å². The number of carbonyl (C=O) groups is 2. The van der Waals surface area contributed by atoms with Gasteiger partial charge in [-0.3, -0.25) is 10.1 Å². The van der Waals surface area contributed by atoms with Gasteiger partial charge in [0.05, 0.1) is 13.5 Å². The van der Waals surface area contributed by atoms with Crippen molar-refractivity contribution >= 4 is 28.5 Å². The number of amides is 2. The summed E-state index contributed by atoms with van der Waals surface area (Å²) in [6.07, 6.45) is 13.7. The summed E-state index contributed by atoms with van der Waals surface area (Å²) in [7, 11) is 1.37. The molecular formula is C19H29N3O3S. The number of aromatic nitrogens is 1. The minimum atomic E-state index is -0.294. The molecule has 0 saturated heterocycles. The van der Waals surface area contributed by atoms with E-state index in [2.05, 4.69) is 19.9 Å². The fraction of sp³-hybridized carbons (Fsp3) is 0.737. The van der Waals surface area contributed by atoms with Crippen LogP contribution in [0.25, 0.3) is 0 Å². The summed E-state index contributed by atoms with van der Waals surface area (Å²) in [6, 6.07) is 0.672. The van der Waals surface area contributed by atoms with Gasteiger partial charge in [0.25, 0.3) is 0 Å². The molecule has 7 heteroatoms. The third-order valence-electron chi connectivity index (χ3n) is 5.48. The summed E-state index contributed by atoms with van der Waals surface area (Å²) in [4.78, 5) is 31.7. The van der Waals surface area contributed by atoms with E-state index in [1.807, 2.05) is 0 Å². The number of thiazole rings is 1. The molecule has 0 aromatic carbocycles. The quantitative estimate of drug-likeness (QED) is 0.772. The molecule has 1 aromatic rings. The van der Waals surface area contributed by atoms with Crippen molar-refractivity contribution in [3.05, 3.63) is 11.1 Å². The largest absolute Gasteiger partial charge is 0.469 e. The van der Waals surface area contributed by atoms with Gasteiger partial charge >= 0.3 is 12.0 Å². The van der Waals surface area contributed by atoms with Crippen molar-refractivity contribution in [3.63, 3.8) is 0 Å². The number of methoxy groups -OCH3 is 1. The minimum absolute atomic E-state index is 0.0252. The zero-order chi connectivity index (χ0) is 18.4. The maximum absolute atomic E-state index is 13.1. The summed E-state index contributed by atoms with van der Waals surface area (Å²) < 4.78 is 4.69. The lowest BCUT2D eigenvalue weighted by Gasteiger charge is -2.41. The van der Waals surface area contributed by atoms with Crippen LogP contribution in [0, 0.1) is 0 Å². The van der Waals surface area contributed by atoms with Gasteiger partial charge in [0.15, 0.2) is 5.13 Å². The Balaban J connectivity index is 1.67. The number of hydrogen-bond donors (Lipinski definition) is 1. The highest BCUT2D eigenvalue weighted by Crippen LogP contribution is 2.31. The van der Waals surface area contributed by atoms with Crippen molar-refractivity contribution < 1.29 is 14.3 Å². The topological polar surface area (TPSA) is 71.5 Å². The van der Waals surface area contributed by atoms with Gasteiger partial charge in [0.1, 0.15) is 0 Å². The van der Waals surface area contributed by atoms with Gasteiger partial charge in [-0.1, -0.05) is 38.5 Å². The lowest BCUT2D eigenvalue weighted by molar-refractivity contribution is -0.139. The minimum Gasteiger partial charge on any atom is -0.469 e. The van der Waals surface area contributed by atoms with Gasteiger partial charge in [0, 0.05) is 23.2 Å². The maximum atomic E-state index is 13.1. The molecule has 1 aromatic heterocycles. The van der Waals surface area contributed by atoms with Crippen molar-refractivity contribution in [1.29, 1.82) is 0 Å².